The van der Waals surface area contributed by atoms with Gasteiger partial charge in [0.05, 0.1) is 12.7 Å². The summed E-state index contributed by atoms with van der Waals surface area (Å²) in [5.41, 5.74) is 0. The van der Waals surface area contributed by atoms with Crippen molar-refractivity contribution >= 4 is 0 Å². The highest BCUT2D eigenvalue weighted by Gasteiger charge is 2.21. The lowest BCUT2D eigenvalue weighted by Crippen LogP contribution is -2.25. The monoisotopic (exact) mass is 131 g/mol. The molecule has 0 radical (unpaired) electrons. The fourth-order valence-electron chi connectivity index (χ4n) is 1.15. The first kappa shape index (κ1) is 6.99. The molecule has 1 rings (SSSR count). The van der Waals surface area contributed by atoms with Crippen molar-refractivity contribution in [2.24, 2.45) is 5.92 Å². The lowest BCUT2D eigenvalue weighted by atomic mass is 10.0. The summed E-state index contributed by atoms with van der Waals surface area (Å²) in [5.74, 6) is 0.273. The van der Waals surface area contributed by atoms with Gasteiger partial charge in [-0.2, -0.15) is 0 Å². The number of rotatable bonds is 2. The fourth-order valence-corrected chi connectivity index (χ4v) is 1.15. The zero-order valence-corrected chi connectivity index (χ0v) is 5.38. The van der Waals surface area contributed by atoms with Gasteiger partial charge in [-0.05, 0) is 13.0 Å². The van der Waals surface area contributed by atoms with Gasteiger partial charge >= 0.3 is 0 Å². The molecule has 0 aliphatic carbocycles. The molecule has 9 heavy (non-hydrogen) atoms. The maximum Gasteiger partial charge on any atom is 0.0811 e. The Hall–Kier alpha value is -0.120. The average molecular weight is 131 g/mol. The Morgan fingerprint density at radius 2 is 2.44 bits per heavy atom. The smallest absolute Gasteiger partial charge is 0.0811 e. The molecule has 0 spiro atoms. The molecule has 0 bridgehead atoms. The Balaban J connectivity index is 2.24. The Labute approximate surface area is 54.7 Å². The second-order valence-corrected chi connectivity index (χ2v) is 2.50. The highest BCUT2D eigenvalue weighted by atomic mass is 16.3. The minimum atomic E-state index is -0.514. The summed E-state index contributed by atoms with van der Waals surface area (Å²) in [6, 6.07) is 0. The quantitative estimate of drug-likeness (QED) is 0.448. The number of aliphatic hydroxyl groups excluding tert-OH is 2. The third-order valence-electron chi connectivity index (χ3n) is 1.83. The summed E-state index contributed by atoms with van der Waals surface area (Å²) in [6.45, 7) is 1.72. The van der Waals surface area contributed by atoms with Crippen LogP contribution in [0.5, 0.6) is 0 Å². The van der Waals surface area contributed by atoms with Crippen LogP contribution in [0.1, 0.15) is 6.42 Å². The molecule has 0 amide bonds. The molecule has 0 aromatic carbocycles. The molecule has 0 aromatic heterocycles. The molecule has 1 saturated heterocycles. The van der Waals surface area contributed by atoms with E-state index in [9.17, 15) is 0 Å². The second kappa shape index (κ2) is 3.15. The molecule has 1 heterocycles. The van der Waals surface area contributed by atoms with Gasteiger partial charge in [0.25, 0.3) is 0 Å². The zero-order chi connectivity index (χ0) is 6.69. The number of aliphatic hydroxyl groups is 2. The van der Waals surface area contributed by atoms with Crippen molar-refractivity contribution in [2.45, 2.75) is 12.5 Å². The van der Waals surface area contributed by atoms with E-state index in [0.29, 0.717) is 0 Å². The third kappa shape index (κ3) is 1.64. The molecular formula is C6H13NO2. The van der Waals surface area contributed by atoms with Gasteiger partial charge in [-0.3, -0.25) is 0 Å². The summed E-state index contributed by atoms with van der Waals surface area (Å²) in [6.07, 6.45) is 0.474. The molecule has 0 aromatic rings. The number of hydrogen-bond donors (Lipinski definition) is 3. The normalized spacial score (nSPS) is 30.7. The molecule has 3 N–H and O–H groups in total. The average Bonchev–Trinajstić information content (AvgIpc) is 2.37. The molecule has 54 valence electrons. The van der Waals surface area contributed by atoms with Crippen molar-refractivity contribution in [2.75, 3.05) is 19.7 Å². The van der Waals surface area contributed by atoms with Crippen molar-refractivity contribution < 1.29 is 10.2 Å². The SMILES string of the molecule is OCC(O)[C@@H]1CCNC1. The van der Waals surface area contributed by atoms with Gasteiger partial charge < -0.3 is 15.5 Å². The molecule has 3 nitrogen and oxygen atoms in total. The molecule has 1 fully saturated rings. The maximum atomic E-state index is 9.07. The van der Waals surface area contributed by atoms with Crippen molar-refractivity contribution in [3.8, 4) is 0 Å². The van der Waals surface area contributed by atoms with Crippen molar-refractivity contribution in [1.82, 2.24) is 5.32 Å². The van der Waals surface area contributed by atoms with E-state index in [1.54, 1.807) is 0 Å². The molecular weight excluding hydrogens is 118 g/mol. The fraction of sp³-hybridized carbons (Fsp3) is 1.00. The van der Waals surface area contributed by atoms with Crippen molar-refractivity contribution in [3.05, 3.63) is 0 Å². The Bertz CT molecular complexity index is 81.1. The second-order valence-electron chi connectivity index (χ2n) is 2.50. The van der Waals surface area contributed by atoms with Gasteiger partial charge in [-0.1, -0.05) is 0 Å². The zero-order valence-electron chi connectivity index (χ0n) is 5.38. The van der Waals surface area contributed by atoms with Gasteiger partial charge in [0, 0.05) is 12.5 Å². The Morgan fingerprint density at radius 1 is 1.67 bits per heavy atom. The molecule has 1 aliphatic heterocycles. The van der Waals surface area contributed by atoms with E-state index < -0.39 is 6.10 Å². The van der Waals surface area contributed by atoms with E-state index >= 15 is 0 Å². The highest BCUT2D eigenvalue weighted by Crippen LogP contribution is 2.11. The predicted molar refractivity (Wildman–Crippen MR) is 34.1 cm³/mol. The summed E-state index contributed by atoms with van der Waals surface area (Å²) >= 11 is 0. The van der Waals surface area contributed by atoms with Crippen LogP contribution >= 0.6 is 0 Å². The molecule has 1 unspecified atom stereocenters. The molecule has 0 saturated carbocycles. The third-order valence-corrected chi connectivity index (χ3v) is 1.83. The van der Waals surface area contributed by atoms with Gasteiger partial charge in [-0.25, -0.2) is 0 Å². The van der Waals surface area contributed by atoms with E-state index in [1.165, 1.54) is 0 Å². The topological polar surface area (TPSA) is 52.5 Å². The maximum absolute atomic E-state index is 9.07. The van der Waals surface area contributed by atoms with Crippen LogP contribution in [0, 0.1) is 5.92 Å². The van der Waals surface area contributed by atoms with Gasteiger partial charge in [0.2, 0.25) is 0 Å². The standard InChI is InChI=1S/C6H13NO2/c8-4-6(9)5-1-2-7-3-5/h5-9H,1-4H2/t5-,6?/m1/s1. The van der Waals surface area contributed by atoms with E-state index in [4.69, 9.17) is 10.2 Å². The predicted octanol–water partition coefficient (Wildman–Crippen LogP) is -1.05. The summed E-state index contributed by atoms with van der Waals surface area (Å²) < 4.78 is 0. The van der Waals surface area contributed by atoms with E-state index in [-0.39, 0.29) is 12.5 Å². The van der Waals surface area contributed by atoms with Crippen LogP contribution < -0.4 is 5.32 Å². The van der Waals surface area contributed by atoms with Crippen molar-refractivity contribution in [3.63, 3.8) is 0 Å². The van der Waals surface area contributed by atoms with Gasteiger partial charge in [-0.15, -0.1) is 0 Å². The highest BCUT2D eigenvalue weighted by molar-refractivity contribution is 4.76. The van der Waals surface area contributed by atoms with Crippen LogP contribution in [0.3, 0.4) is 0 Å². The van der Waals surface area contributed by atoms with Crippen LogP contribution in [0.2, 0.25) is 0 Å². The Kier molecular flexibility index (Phi) is 2.45. The molecule has 1 aliphatic rings. The van der Waals surface area contributed by atoms with Crippen LogP contribution in [0.4, 0.5) is 0 Å². The summed E-state index contributed by atoms with van der Waals surface area (Å²) in [4.78, 5) is 0. The molecule has 2 atom stereocenters. The van der Waals surface area contributed by atoms with E-state index in [0.717, 1.165) is 19.5 Å². The minimum absolute atomic E-state index is 0.105. The first-order chi connectivity index (χ1) is 4.34. The van der Waals surface area contributed by atoms with E-state index in [2.05, 4.69) is 5.32 Å². The summed E-state index contributed by atoms with van der Waals surface area (Å²) in [7, 11) is 0. The molecule has 3 heteroatoms. The van der Waals surface area contributed by atoms with Crippen LogP contribution in [-0.4, -0.2) is 36.0 Å². The van der Waals surface area contributed by atoms with Crippen molar-refractivity contribution in [1.29, 1.82) is 0 Å². The van der Waals surface area contributed by atoms with E-state index in [1.807, 2.05) is 0 Å². The van der Waals surface area contributed by atoms with Gasteiger partial charge in [0.1, 0.15) is 0 Å². The largest absolute Gasteiger partial charge is 0.394 e. The first-order valence-electron chi connectivity index (χ1n) is 3.34. The minimum Gasteiger partial charge on any atom is -0.394 e. The lowest BCUT2D eigenvalue weighted by Gasteiger charge is -2.12. The van der Waals surface area contributed by atoms with Crippen LogP contribution in [0.15, 0.2) is 0 Å². The number of nitrogens with one attached hydrogen (secondary N) is 1. The lowest BCUT2D eigenvalue weighted by molar-refractivity contribution is 0.0539. The summed E-state index contributed by atoms with van der Waals surface area (Å²) in [5, 5.41) is 20.7. The van der Waals surface area contributed by atoms with Crippen LogP contribution in [-0.2, 0) is 0 Å². The van der Waals surface area contributed by atoms with Crippen LogP contribution in [0.25, 0.3) is 0 Å². The van der Waals surface area contributed by atoms with Gasteiger partial charge in [0.15, 0.2) is 0 Å². The Morgan fingerprint density at radius 3 is 2.89 bits per heavy atom. The first-order valence-corrected chi connectivity index (χ1v) is 3.34. The number of hydrogen-bond acceptors (Lipinski definition) is 3.